The van der Waals surface area contributed by atoms with Crippen molar-refractivity contribution in [1.29, 1.82) is 0 Å². The highest BCUT2D eigenvalue weighted by molar-refractivity contribution is 4.93. The van der Waals surface area contributed by atoms with Crippen LogP contribution in [0.4, 0.5) is 0 Å². The standard InChI is InChI=1S/C16H32N2O2/c1-16(2)7-5-6-12(15(16)20)9-18-11-14(19)8-13(18)10-17(3)4/h12-15,19-20H,5-11H2,1-4H3. The van der Waals surface area contributed by atoms with Gasteiger partial charge < -0.3 is 15.1 Å². The number of likely N-dealkylation sites (N-methyl/N-ethyl adjacent to an activating group) is 1. The molecule has 1 saturated heterocycles. The van der Waals surface area contributed by atoms with Crippen LogP contribution in [0.5, 0.6) is 0 Å². The van der Waals surface area contributed by atoms with E-state index < -0.39 is 0 Å². The van der Waals surface area contributed by atoms with Crippen molar-refractivity contribution >= 4 is 0 Å². The number of aliphatic hydroxyl groups is 2. The van der Waals surface area contributed by atoms with E-state index in [0.717, 1.165) is 38.9 Å². The highest BCUT2D eigenvalue weighted by atomic mass is 16.3. The zero-order chi connectivity index (χ0) is 14.9. The summed E-state index contributed by atoms with van der Waals surface area (Å²) in [5.41, 5.74) is 0.0400. The van der Waals surface area contributed by atoms with Gasteiger partial charge in [0.1, 0.15) is 0 Å². The lowest BCUT2D eigenvalue weighted by Gasteiger charge is -2.43. The van der Waals surface area contributed by atoms with Crippen molar-refractivity contribution in [2.24, 2.45) is 11.3 Å². The number of likely N-dealkylation sites (tertiary alicyclic amines) is 1. The molecule has 1 saturated carbocycles. The number of aliphatic hydroxyl groups excluding tert-OH is 2. The van der Waals surface area contributed by atoms with Crippen LogP contribution >= 0.6 is 0 Å². The molecule has 2 rings (SSSR count). The zero-order valence-electron chi connectivity index (χ0n) is 13.5. The third-order valence-corrected chi connectivity index (χ3v) is 5.19. The largest absolute Gasteiger partial charge is 0.392 e. The molecule has 1 aliphatic carbocycles. The van der Waals surface area contributed by atoms with Crippen LogP contribution in [-0.4, -0.2) is 72.0 Å². The average molecular weight is 284 g/mol. The van der Waals surface area contributed by atoms with Crippen molar-refractivity contribution < 1.29 is 10.2 Å². The molecule has 4 heteroatoms. The Morgan fingerprint density at radius 1 is 1.25 bits per heavy atom. The van der Waals surface area contributed by atoms with Crippen LogP contribution in [0.2, 0.25) is 0 Å². The quantitative estimate of drug-likeness (QED) is 0.813. The van der Waals surface area contributed by atoms with Crippen LogP contribution in [0.1, 0.15) is 39.5 Å². The van der Waals surface area contributed by atoms with E-state index in [-0.39, 0.29) is 17.6 Å². The van der Waals surface area contributed by atoms with Gasteiger partial charge in [0.15, 0.2) is 0 Å². The van der Waals surface area contributed by atoms with Crippen molar-refractivity contribution in [3.63, 3.8) is 0 Å². The predicted molar refractivity (Wildman–Crippen MR) is 81.7 cm³/mol. The Kier molecular flexibility index (Phi) is 5.11. The molecule has 0 aromatic heterocycles. The Balaban J connectivity index is 1.97. The first-order valence-corrected chi connectivity index (χ1v) is 8.04. The van der Waals surface area contributed by atoms with E-state index in [1.807, 2.05) is 0 Å². The van der Waals surface area contributed by atoms with E-state index in [1.165, 1.54) is 6.42 Å². The summed E-state index contributed by atoms with van der Waals surface area (Å²) in [6, 6.07) is 0.428. The van der Waals surface area contributed by atoms with Crippen LogP contribution in [-0.2, 0) is 0 Å². The maximum absolute atomic E-state index is 10.6. The normalized spacial score (nSPS) is 38.5. The molecule has 0 aromatic carbocycles. The molecule has 20 heavy (non-hydrogen) atoms. The van der Waals surface area contributed by atoms with Gasteiger partial charge in [-0.1, -0.05) is 20.3 Å². The van der Waals surface area contributed by atoms with Gasteiger partial charge in [-0.25, -0.2) is 0 Å². The summed E-state index contributed by atoms with van der Waals surface area (Å²) >= 11 is 0. The van der Waals surface area contributed by atoms with Crippen molar-refractivity contribution in [2.75, 3.05) is 33.7 Å². The minimum absolute atomic E-state index is 0.0400. The lowest BCUT2D eigenvalue weighted by Crippen LogP contribution is -2.47. The van der Waals surface area contributed by atoms with Gasteiger partial charge in [0.05, 0.1) is 12.2 Å². The highest BCUT2D eigenvalue weighted by Gasteiger charge is 2.40. The van der Waals surface area contributed by atoms with Crippen LogP contribution in [0.3, 0.4) is 0 Å². The van der Waals surface area contributed by atoms with E-state index in [0.29, 0.717) is 12.0 Å². The zero-order valence-corrected chi connectivity index (χ0v) is 13.5. The fraction of sp³-hybridized carbons (Fsp3) is 1.00. The number of β-amino-alcohol motifs (C(OH)–C–C–N with tert-alkyl or cyclic N) is 1. The molecule has 0 radical (unpaired) electrons. The molecule has 4 atom stereocenters. The molecular weight excluding hydrogens is 252 g/mol. The summed E-state index contributed by atoms with van der Waals surface area (Å²) in [6.45, 7) is 7.05. The van der Waals surface area contributed by atoms with Gasteiger partial charge in [-0.05, 0) is 44.7 Å². The summed E-state index contributed by atoms with van der Waals surface area (Å²) in [5.74, 6) is 0.355. The molecule has 2 fully saturated rings. The lowest BCUT2D eigenvalue weighted by molar-refractivity contribution is -0.0451. The van der Waals surface area contributed by atoms with Crippen LogP contribution < -0.4 is 0 Å². The molecular formula is C16H32N2O2. The SMILES string of the molecule is CN(C)CC1CC(O)CN1CC1CCCC(C)(C)C1O. The number of rotatable bonds is 4. The fourth-order valence-corrected chi connectivity index (χ4v) is 4.05. The Morgan fingerprint density at radius 2 is 1.95 bits per heavy atom. The van der Waals surface area contributed by atoms with Gasteiger partial charge in [0, 0.05) is 25.7 Å². The first-order valence-electron chi connectivity index (χ1n) is 8.04. The Hall–Kier alpha value is -0.160. The molecule has 2 aliphatic rings. The second-order valence-corrected chi connectivity index (χ2v) is 7.85. The van der Waals surface area contributed by atoms with Gasteiger partial charge >= 0.3 is 0 Å². The number of hydrogen-bond donors (Lipinski definition) is 2. The van der Waals surface area contributed by atoms with Crippen LogP contribution in [0, 0.1) is 11.3 Å². The van der Waals surface area contributed by atoms with Crippen molar-refractivity contribution in [1.82, 2.24) is 9.80 Å². The van der Waals surface area contributed by atoms with E-state index >= 15 is 0 Å². The minimum atomic E-state index is -0.214. The van der Waals surface area contributed by atoms with Gasteiger partial charge in [-0.2, -0.15) is 0 Å². The Bertz CT molecular complexity index is 320. The molecule has 118 valence electrons. The number of nitrogens with zero attached hydrogens (tertiary/aromatic N) is 2. The maximum atomic E-state index is 10.6. The van der Waals surface area contributed by atoms with E-state index in [9.17, 15) is 10.2 Å². The summed E-state index contributed by atoms with van der Waals surface area (Å²) in [7, 11) is 4.17. The third-order valence-electron chi connectivity index (χ3n) is 5.19. The van der Waals surface area contributed by atoms with Crippen LogP contribution in [0.15, 0.2) is 0 Å². The monoisotopic (exact) mass is 284 g/mol. The molecule has 4 unspecified atom stereocenters. The Labute approximate surface area is 123 Å². The van der Waals surface area contributed by atoms with Gasteiger partial charge in [0.2, 0.25) is 0 Å². The maximum Gasteiger partial charge on any atom is 0.0682 e. The topological polar surface area (TPSA) is 46.9 Å². The second kappa shape index (κ2) is 6.30. The van der Waals surface area contributed by atoms with Gasteiger partial charge in [-0.3, -0.25) is 4.90 Å². The minimum Gasteiger partial charge on any atom is -0.392 e. The molecule has 2 N–H and O–H groups in total. The van der Waals surface area contributed by atoms with Crippen molar-refractivity contribution in [2.45, 2.75) is 57.8 Å². The molecule has 0 amide bonds. The molecule has 0 spiro atoms. The summed E-state index contributed by atoms with van der Waals surface area (Å²) in [6.07, 6.45) is 3.90. The molecule has 0 bridgehead atoms. The van der Waals surface area contributed by atoms with Crippen LogP contribution in [0.25, 0.3) is 0 Å². The summed E-state index contributed by atoms with van der Waals surface area (Å²) < 4.78 is 0. The molecule has 4 nitrogen and oxygen atoms in total. The molecule has 0 aromatic rings. The predicted octanol–water partition coefficient (Wildman–Crippen LogP) is 1.17. The van der Waals surface area contributed by atoms with Crippen molar-refractivity contribution in [3.8, 4) is 0 Å². The lowest BCUT2D eigenvalue weighted by atomic mass is 9.69. The second-order valence-electron chi connectivity index (χ2n) is 7.85. The van der Waals surface area contributed by atoms with E-state index in [2.05, 4.69) is 37.7 Å². The van der Waals surface area contributed by atoms with E-state index in [1.54, 1.807) is 0 Å². The number of hydrogen-bond acceptors (Lipinski definition) is 4. The first-order chi connectivity index (χ1) is 9.29. The summed E-state index contributed by atoms with van der Waals surface area (Å²) in [5, 5.41) is 20.5. The average Bonchev–Trinajstić information content (AvgIpc) is 2.64. The third kappa shape index (κ3) is 3.73. The molecule has 1 heterocycles. The van der Waals surface area contributed by atoms with Crippen molar-refractivity contribution in [3.05, 3.63) is 0 Å². The summed E-state index contributed by atoms with van der Waals surface area (Å²) in [4.78, 5) is 4.59. The van der Waals surface area contributed by atoms with Gasteiger partial charge in [-0.15, -0.1) is 0 Å². The van der Waals surface area contributed by atoms with Gasteiger partial charge in [0.25, 0.3) is 0 Å². The smallest absolute Gasteiger partial charge is 0.0682 e. The fourth-order valence-electron chi connectivity index (χ4n) is 4.05. The van der Waals surface area contributed by atoms with E-state index in [4.69, 9.17) is 0 Å². The Morgan fingerprint density at radius 3 is 2.60 bits per heavy atom. The first kappa shape index (κ1) is 16.2. The highest BCUT2D eigenvalue weighted by Crippen LogP contribution is 2.39. The molecule has 1 aliphatic heterocycles.